The van der Waals surface area contributed by atoms with Gasteiger partial charge in [-0.25, -0.2) is 0 Å². The van der Waals surface area contributed by atoms with E-state index in [1.54, 1.807) is 5.57 Å². The van der Waals surface area contributed by atoms with Crippen molar-refractivity contribution in [3.63, 3.8) is 0 Å². The van der Waals surface area contributed by atoms with Crippen LogP contribution in [0.5, 0.6) is 0 Å². The molecule has 0 amide bonds. The van der Waals surface area contributed by atoms with Crippen LogP contribution in [0, 0.1) is 5.92 Å². The Hall–Kier alpha value is -1.08. The molecule has 0 radical (unpaired) electrons. The average Bonchev–Trinajstić information content (AvgIpc) is 3.21. The highest BCUT2D eigenvalue weighted by Crippen LogP contribution is 2.43. The van der Waals surface area contributed by atoms with Crippen molar-refractivity contribution in [1.82, 2.24) is 4.90 Å². The topological polar surface area (TPSA) is 12.5 Å². The summed E-state index contributed by atoms with van der Waals surface area (Å²) in [5, 5.41) is 0. The number of morpholine rings is 1. The van der Waals surface area contributed by atoms with Crippen LogP contribution in [0.2, 0.25) is 0 Å². The van der Waals surface area contributed by atoms with E-state index in [9.17, 15) is 0 Å². The van der Waals surface area contributed by atoms with Crippen molar-refractivity contribution in [2.45, 2.75) is 94.5 Å². The van der Waals surface area contributed by atoms with Crippen molar-refractivity contribution in [3.05, 3.63) is 41.7 Å². The van der Waals surface area contributed by atoms with E-state index in [2.05, 4.69) is 41.0 Å². The SMILES string of the molecule is C1=CCCC=1C1CCC2C(C1)OC1CC=CCC1N2C1C=CCCC1. The predicted octanol–water partition coefficient (Wildman–Crippen LogP) is 4.93. The first-order valence-corrected chi connectivity index (χ1v) is 10.6. The van der Waals surface area contributed by atoms with Gasteiger partial charge in [0.1, 0.15) is 0 Å². The normalized spacial score (nSPS) is 43.6. The van der Waals surface area contributed by atoms with E-state index in [1.807, 2.05) is 0 Å². The molecule has 0 bridgehead atoms. The Morgan fingerprint density at radius 2 is 1.92 bits per heavy atom. The minimum atomic E-state index is 0.411. The molecule has 6 atom stereocenters. The minimum absolute atomic E-state index is 0.411. The third-order valence-corrected chi connectivity index (χ3v) is 7.16. The van der Waals surface area contributed by atoms with E-state index in [4.69, 9.17) is 4.74 Å². The van der Waals surface area contributed by atoms with Crippen LogP contribution < -0.4 is 0 Å². The Bertz CT molecular complexity index is 626. The van der Waals surface area contributed by atoms with Crippen molar-refractivity contribution in [3.8, 4) is 0 Å². The summed E-state index contributed by atoms with van der Waals surface area (Å²) in [5.41, 5.74) is 5.13. The summed E-state index contributed by atoms with van der Waals surface area (Å²) in [5.74, 6) is 0.722. The molecule has 4 aliphatic carbocycles. The largest absolute Gasteiger partial charge is 0.371 e. The van der Waals surface area contributed by atoms with Crippen molar-refractivity contribution in [1.29, 1.82) is 0 Å². The van der Waals surface area contributed by atoms with Crippen molar-refractivity contribution in [2.75, 3.05) is 0 Å². The molecule has 2 nitrogen and oxygen atoms in total. The number of ether oxygens (including phenoxy) is 1. The van der Waals surface area contributed by atoms with Gasteiger partial charge in [-0.05, 0) is 81.8 Å². The molecule has 0 spiro atoms. The zero-order valence-corrected chi connectivity index (χ0v) is 15.3. The lowest BCUT2D eigenvalue weighted by molar-refractivity contribution is -0.177. The van der Waals surface area contributed by atoms with E-state index < -0.39 is 0 Å². The molecule has 6 unspecified atom stereocenters. The standard InChI is InChI=1S/C23H31NO/c1-2-10-19(11-3-1)24-20-12-6-7-13-22(20)25-23-16-18(14-15-21(23)24)17-8-4-5-9-17/h2,4,6-7,10,18-23H,1,3,5,9,11-16H2. The molecule has 134 valence electrons. The van der Waals surface area contributed by atoms with Crippen LogP contribution in [0.4, 0.5) is 0 Å². The number of hydrogen-bond acceptors (Lipinski definition) is 2. The summed E-state index contributed by atoms with van der Waals surface area (Å²) < 4.78 is 6.74. The van der Waals surface area contributed by atoms with E-state index in [1.165, 1.54) is 57.8 Å². The van der Waals surface area contributed by atoms with Gasteiger partial charge in [0.15, 0.2) is 0 Å². The second-order valence-corrected chi connectivity index (χ2v) is 8.59. The second-order valence-electron chi connectivity index (χ2n) is 8.59. The molecule has 2 heteroatoms. The lowest BCUT2D eigenvalue weighted by atomic mass is 9.75. The van der Waals surface area contributed by atoms with E-state index >= 15 is 0 Å². The monoisotopic (exact) mass is 337 g/mol. The molecule has 1 saturated carbocycles. The smallest absolute Gasteiger partial charge is 0.0772 e. The van der Waals surface area contributed by atoms with Crippen LogP contribution in [-0.4, -0.2) is 35.2 Å². The van der Waals surface area contributed by atoms with Crippen LogP contribution in [0.3, 0.4) is 0 Å². The van der Waals surface area contributed by atoms with Gasteiger partial charge in [-0.15, -0.1) is 5.73 Å². The van der Waals surface area contributed by atoms with Crippen LogP contribution in [0.15, 0.2) is 41.7 Å². The van der Waals surface area contributed by atoms with Gasteiger partial charge in [0.2, 0.25) is 0 Å². The third-order valence-electron chi connectivity index (χ3n) is 7.16. The number of hydrogen-bond donors (Lipinski definition) is 0. The van der Waals surface area contributed by atoms with Crippen LogP contribution in [-0.2, 0) is 4.74 Å². The van der Waals surface area contributed by atoms with Gasteiger partial charge in [0.05, 0.1) is 12.2 Å². The van der Waals surface area contributed by atoms with Crippen LogP contribution in [0.25, 0.3) is 0 Å². The zero-order chi connectivity index (χ0) is 16.6. The number of rotatable bonds is 2. The summed E-state index contributed by atoms with van der Waals surface area (Å²) in [7, 11) is 0. The Balaban J connectivity index is 1.41. The summed E-state index contributed by atoms with van der Waals surface area (Å²) in [4.78, 5) is 2.91. The van der Waals surface area contributed by atoms with Crippen molar-refractivity contribution in [2.24, 2.45) is 5.92 Å². The molecule has 2 fully saturated rings. The van der Waals surface area contributed by atoms with Gasteiger partial charge in [-0.2, -0.15) is 0 Å². The fourth-order valence-electron chi connectivity index (χ4n) is 5.98. The van der Waals surface area contributed by atoms with E-state index in [0.717, 1.165) is 12.3 Å². The highest BCUT2D eigenvalue weighted by atomic mass is 16.5. The highest BCUT2D eigenvalue weighted by Gasteiger charge is 2.48. The first-order chi connectivity index (χ1) is 12.4. The fourth-order valence-corrected chi connectivity index (χ4v) is 5.98. The molecule has 1 aliphatic heterocycles. The molecule has 5 rings (SSSR count). The lowest BCUT2D eigenvalue weighted by Crippen LogP contribution is -2.65. The molecule has 0 aromatic rings. The van der Waals surface area contributed by atoms with Gasteiger partial charge in [0, 0.05) is 18.1 Å². The Morgan fingerprint density at radius 1 is 0.960 bits per heavy atom. The lowest BCUT2D eigenvalue weighted by Gasteiger charge is -2.56. The van der Waals surface area contributed by atoms with Crippen LogP contribution >= 0.6 is 0 Å². The van der Waals surface area contributed by atoms with Gasteiger partial charge < -0.3 is 4.74 Å². The molecule has 1 heterocycles. The zero-order valence-electron chi connectivity index (χ0n) is 15.3. The van der Waals surface area contributed by atoms with Gasteiger partial charge in [-0.3, -0.25) is 4.90 Å². The third kappa shape index (κ3) is 2.99. The number of allylic oxidation sites excluding steroid dienone is 2. The summed E-state index contributed by atoms with van der Waals surface area (Å²) >= 11 is 0. The molecule has 1 saturated heterocycles. The molecule has 0 aromatic heterocycles. The van der Waals surface area contributed by atoms with E-state index in [-0.39, 0.29) is 0 Å². The highest BCUT2D eigenvalue weighted by molar-refractivity contribution is 5.17. The van der Waals surface area contributed by atoms with Crippen molar-refractivity contribution < 1.29 is 4.74 Å². The van der Waals surface area contributed by atoms with E-state index in [0.29, 0.717) is 30.3 Å². The summed E-state index contributed by atoms with van der Waals surface area (Å²) in [6.07, 6.45) is 25.3. The second kappa shape index (κ2) is 6.91. The molecule has 25 heavy (non-hydrogen) atoms. The van der Waals surface area contributed by atoms with Crippen molar-refractivity contribution >= 4 is 0 Å². The number of fused-ring (bicyclic) bond motifs is 2. The molecule has 0 N–H and O–H groups in total. The number of nitrogens with zero attached hydrogens (tertiary/aromatic N) is 1. The molecule has 0 aromatic carbocycles. The maximum absolute atomic E-state index is 6.74. The molecular weight excluding hydrogens is 306 g/mol. The predicted molar refractivity (Wildman–Crippen MR) is 101 cm³/mol. The van der Waals surface area contributed by atoms with Crippen LogP contribution in [0.1, 0.15) is 64.2 Å². The maximum atomic E-state index is 6.74. The Kier molecular flexibility index (Phi) is 4.46. The maximum Gasteiger partial charge on any atom is 0.0772 e. The Labute approximate surface area is 152 Å². The quantitative estimate of drug-likeness (QED) is 0.523. The van der Waals surface area contributed by atoms with Gasteiger partial charge in [-0.1, -0.05) is 24.3 Å². The first-order valence-electron chi connectivity index (χ1n) is 10.6. The van der Waals surface area contributed by atoms with Gasteiger partial charge >= 0.3 is 0 Å². The molecule has 5 aliphatic rings. The fraction of sp³-hybridized carbons (Fsp3) is 0.696. The first kappa shape index (κ1) is 16.1. The Morgan fingerprint density at radius 3 is 2.76 bits per heavy atom. The summed E-state index contributed by atoms with van der Waals surface area (Å²) in [6.45, 7) is 0. The average molecular weight is 338 g/mol. The van der Waals surface area contributed by atoms with Gasteiger partial charge in [0.25, 0.3) is 0 Å². The molecular formula is C23H31NO. The summed E-state index contributed by atoms with van der Waals surface area (Å²) in [6, 6.07) is 1.87. The minimum Gasteiger partial charge on any atom is -0.371 e.